The van der Waals surface area contributed by atoms with E-state index in [1.54, 1.807) is 0 Å². The van der Waals surface area contributed by atoms with Crippen LogP contribution in [0.3, 0.4) is 0 Å². The summed E-state index contributed by atoms with van der Waals surface area (Å²) in [5, 5.41) is 3.13. The summed E-state index contributed by atoms with van der Waals surface area (Å²) >= 11 is 0. The molecule has 1 aromatic rings. The number of carbonyl (C=O) groups is 1. The zero-order valence-corrected chi connectivity index (χ0v) is 11.7. The van der Waals surface area contributed by atoms with Crippen LogP contribution in [0.4, 0.5) is 0 Å². The van der Waals surface area contributed by atoms with Crippen molar-refractivity contribution in [3.8, 4) is 0 Å². The predicted octanol–water partition coefficient (Wildman–Crippen LogP) is 1.49. The summed E-state index contributed by atoms with van der Waals surface area (Å²) in [6, 6.07) is 7.89. The Labute approximate surface area is 119 Å². The average Bonchev–Trinajstić information content (AvgIpc) is 3.20. The highest BCUT2D eigenvalue weighted by Gasteiger charge is 2.41. The first kappa shape index (κ1) is 13.6. The largest absolute Gasteiger partial charge is 0.376 e. The predicted molar refractivity (Wildman–Crippen MR) is 77.5 cm³/mol. The Morgan fingerprint density at radius 1 is 1.25 bits per heavy atom. The van der Waals surface area contributed by atoms with E-state index in [0.29, 0.717) is 18.0 Å². The first-order valence-electron chi connectivity index (χ1n) is 7.49. The topological polar surface area (TPSA) is 64.4 Å². The number of hydrogen-bond acceptors (Lipinski definition) is 3. The summed E-state index contributed by atoms with van der Waals surface area (Å²) in [5.74, 6) is 0.667. The Bertz CT molecular complexity index is 468. The lowest BCUT2D eigenvalue weighted by molar-refractivity contribution is 0.0729. The lowest BCUT2D eigenvalue weighted by Gasteiger charge is -2.19. The molecule has 0 radical (unpaired) electrons. The number of carbonyl (C=O) groups excluding carboxylic acids is 1. The van der Waals surface area contributed by atoms with E-state index >= 15 is 0 Å². The minimum atomic E-state index is 0.00504. The molecule has 0 aromatic heterocycles. The smallest absolute Gasteiger partial charge is 0.251 e. The molecule has 1 aromatic carbocycles. The zero-order chi connectivity index (χ0) is 13.9. The van der Waals surface area contributed by atoms with Crippen LogP contribution in [-0.4, -0.2) is 31.2 Å². The normalized spacial score (nSPS) is 25.6. The standard InChI is InChI=1S/C16H22N2O2/c17-9-7-11-1-3-13(4-2-11)16(19)18-14-8-10-20-15(14)12-5-6-12/h1-4,12,14-15H,5-10,17H2,(H,18,19). The van der Waals surface area contributed by atoms with E-state index in [1.807, 2.05) is 24.3 Å². The van der Waals surface area contributed by atoms with Gasteiger partial charge in [-0.25, -0.2) is 0 Å². The lowest BCUT2D eigenvalue weighted by atomic mass is 10.0. The Kier molecular flexibility index (Phi) is 4.03. The first-order chi connectivity index (χ1) is 9.78. The molecule has 2 atom stereocenters. The Morgan fingerprint density at radius 2 is 2.00 bits per heavy atom. The molecule has 108 valence electrons. The van der Waals surface area contributed by atoms with Gasteiger partial charge in [0.15, 0.2) is 0 Å². The van der Waals surface area contributed by atoms with E-state index in [-0.39, 0.29) is 18.1 Å². The van der Waals surface area contributed by atoms with Gasteiger partial charge in [0.1, 0.15) is 0 Å². The van der Waals surface area contributed by atoms with Gasteiger partial charge in [0, 0.05) is 12.2 Å². The van der Waals surface area contributed by atoms with Crippen LogP contribution in [0.15, 0.2) is 24.3 Å². The fourth-order valence-corrected chi connectivity index (χ4v) is 2.90. The van der Waals surface area contributed by atoms with E-state index in [0.717, 1.165) is 19.4 Å². The Hall–Kier alpha value is -1.39. The van der Waals surface area contributed by atoms with Gasteiger partial charge in [-0.1, -0.05) is 12.1 Å². The highest BCUT2D eigenvalue weighted by molar-refractivity contribution is 5.94. The van der Waals surface area contributed by atoms with Crippen molar-refractivity contribution in [2.24, 2.45) is 11.7 Å². The molecule has 2 fully saturated rings. The fourth-order valence-electron chi connectivity index (χ4n) is 2.90. The maximum Gasteiger partial charge on any atom is 0.251 e. The number of rotatable bonds is 5. The zero-order valence-electron chi connectivity index (χ0n) is 11.7. The van der Waals surface area contributed by atoms with Gasteiger partial charge in [-0.2, -0.15) is 0 Å². The highest BCUT2D eigenvalue weighted by atomic mass is 16.5. The van der Waals surface area contributed by atoms with Gasteiger partial charge in [0.05, 0.1) is 12.1 Å². The number of nitrogens with two attached hydrogens (primary N) is 1. The van der Waals surface area contributed by atoms with Crippen molar-refractivity contribution in [2.45, 2.75) is 37.8 Å². The number of benzene rings is 1. The van der Waals surface area contributed by atoms with Gasteiger partial charge in [0.2, 0.25) is 0 Å². The molecule has 2 unspecified atom stereocenters. The number of ether oxygens (including phenoxy) is 1. The van der Waals surface area contributed by atoms with E-state index in [4.69, 9.17) is 10.5 Å². The third-order valence-electron chi connectivity index (χ3n) is 4.19. The van der Waals surface area contributed by atoms with E-state index < -0.39 is 0 Å². The molecule has 1 aliphatic carbocycles. The summed E-state index contributed by atoms with van der Waals surface area (Å²) in [7, 11) is 0. The van der Waals surface area contributed by atoms with Gasteiger partial charge >= 0.3 is 0 Å². The second kappa shape index (κ2) is 5.94. The number of hydrogen-bond donors (Lipinski definition) is 2. The van der Waals surface area contributed by atoms with Crippen molar-refractivity contribution < 1.29 is 9.53 Å². The molecule has 3 N–H and O–H groups in total. The molecule has 3 rings (SSSR count). The van der Waals surface area contributed by atoms with Crippen LogP contribution < -0.4 is 11.1 Å². The number of amides is 1. The molecule has 0 spiro atoms. The molecule has 4 heteroatoms. The third kappa shape index (κ3) is 3.02. The summed E-state index contributed by atoms with van der Waals surface area (Å²) < 4.78 is 5.75. The van der Waals surface area contributed by atoms with Crippen molar-refractivity contribution in [2.75, 3.05) is 13.2 Å². The SMILES string of the molecule is NCCc1ccc(C(=O)NC2CCOC2C2CC2)cc1. The second-order valence-corrected chi connectivity index (χ2v) is 5.78. The van der Waals surface area contributed by atoms with Crippen molar-refractivity contribution in [3.05, 3.63) is 35.4 Å². The van der Waals surface area contributed by atoms with E-state index in [1.165, 1.54) is 18.4 Å². The van der Waals surface area contributed by atoms with Crippen LogP contribution in [-0.2, 0) is 11.2 Å². The van der Waals surface area contributed by atoms with Crippen molar-refractivity contribution in [1.29, 1.82) is 0 Å². The van der Waals surface area contributed by atoms with Crippen LogP contribution in [0.25, 0.3) is 0 Å². The molecule has 1 aliphatic heterocycles. The number of nitrogens with one attached hydrogen (secondary N) is 1. The molecule has 1 saturated carbocycles. The Morgan fingerprint density at radius 3 is 2.65 bits per heavy atom. The highest BCUT2D eigenvalue weighted by Crippen LogP contribution is 2.38. The quantitative estimate of drug-likeness (QED) is 0.855. The minimum absolute atomic E-state index is 0.00504. The van der Waals surface area contributed by atoms with Crippen LogP contribution >= 0.6 is 0 Å². The molecular formula is C16H22N2O2. The van der Waals surface area contributed by atoms with Gasteiger partial charge < -0.3 is 15.8 Å². The second-order valence-electron chi connectivity index (χ2n) is 5.78. The molecule has 2 aliphatic rings. The van der Waals surface area contributed by atoms with Crippen LogP contribution in [0.2, 0.25) is 0 Å². The first-order valence-corrected chi connectivity index (χ1v) is 7.49. The molecule has 1 amide bonds. The summed E-state index contributed by atoms with van der Waals surface area (Å²) in [5.41, 5.74) is 7.41. The van der Waals surface area contributed by atoms with Gasteiger partial charge in [0.25, 0.3) is 5.91 Å². The average molecular weight is 274 g/mol. The van der Waals surface area contributed by atoms with Gasteiger partial charge in [-0.15, -0.1) is 0 Å². The molecule has 1 saturated heterocycles. The van der Waals surface area contributed by atoms with Gasteiger partial charge in [-0.3, -0.25) is 4.79 Å². The minimum Gasteiger partial charge on any atom is -0.376 e. The van der Waals surface area contributed by atoms with Gasteiger partial charge in [-0.05, 0) is 55.8 Å². The molecular weight excluding hydrogens is 252 g/mol. The van der Waals surface area contributed by atoms with E-state index in [2.05, 4.69) is 5.32 Å². The molecule has 1 heterocycles. The van der Waals surface area contributed by atoms with Crippen LogP contribution in [0.5, 0.6) is 0 Å². The molecule has 4 nitrogen and oxygen atoms in total. The van der Waals surface area contributed by atoms with Crippen molar-refractivity contribution in [1.82, 2.24) is 5.32 Å². The molecule has 0 bridgehead atoms. The third-order valence-corrected chi connectivity index (χ3v) is 4.19. The Balaban J connectivity index is 1.60. The molecule has 20 heavy (non-hydrogen) atoms. The maximum absolute atomic E-state index is 12.3. The summed E-state index contributed by atoms with van der Waals surface area (Å²) in [4.78, 5) is 12.3. The van der Waals surface area contributed by atoms with E-state index in [9.17, 15) is 4.79 Å². The van der Waals surface area contributed by atoms with Crippen LogP contribution in [0.1, 0.15) is 35.2 Å². The fraction of sp³-hybridized carbons (Fsp3) is 0.562. The van der Waals surface area contributed by atoms with Crippen LogP contribution in [0, 0.1) is 5.92 Å². The summed E-state index contributed by atoms with van der Waals surface area (Å²) in [6.07, 6.45) is 4.49. The van der Waals surface area contributed by atoms with Crippen molar-refractivity contribution in [3.63, 3.8) is 0 Å². The lowest BCUT2D eigenvalue weighted by Crippen LogP contribution is -2.41. The monoisotopic (exact) mass is 274 g/mol. The summed E-state index contributed by atoms with van der Waals surface area (Å²) in [6.45, 7) is 1.40. The van der Waals surface area contributed by atoms with Crippen molar-refractivity contribution >= 4 is 5.91 Å². The maximum atomic E-state index is 12.3.